The number of hydrogen-bond acceptors (Lipinski definition) is 1. The average Bonchev–Trinajstić information content (AvgIpc) is 2.57. The van der Waals surface area contributed by atoms with Gasteiger partial charge in [0.1, 0.15) is 0 Å². The first-order valence-electron chi connectivity index (χ1n) is 8.18. The van der Waals surface area contributed by atoms with Gasteiger partial charge in [0.05, 0.1) is 0 Å². The van der Waals surface area contributed by atoms with Crippen LogP contribution < -0.4 is 0 Å². The molecule has 0 saturated carbocycles. The predicted molar refractivity (Wildman–Crippen MR) is 92.5 cm³/mol. The first kappa shape index (κ1) is 14.9. The van der Waals surface area contributed by atoms with E-state index in [0.717, 1.165) is 23.6 Å². The Morgan fingerprint density at radius 1 is 0.864 bits per heavy atom. The van der Waals surface area contributed by atoms with E-state index < -0.39 is 0 Å². The lowest BCUT2D eigenvalue weighted by atomic mass is 9.99. The molecule has 0 atom stereocenters. The molecule has 0 spiro atoms. The molecule has 0 aliphatic carbocycles. The van der Waals surface area contributed by atoms with Crippen LogP contribution in [0.3, 0.4) is 0 Å². The summed E-state index contributed by atoms with van der Waals surface area (Å²) in [7, 11) is 0. The van der Waals surface area contributed by atoms with Crippen LogP contribution in [0.2, 0.25) is 0 Å². The van der Waals surface area contributed by atoms with E-state index in [2.05, 4.69) is 47.9 Å². The maximum Gasteiger partial charge on any atom is 0.0249 e. The van der Waals surface area contributed by atoms with Crippen molar-refractivity contribution in [2.45, 2.75) is 26.3 Å². The fraction of sp³-hybridized carbons (Fsp3) is 0.333. The second kappa shape index (κ2) is 7.29. The van der Waals surface area contributed by atoms with E-state index >= 15 is 0 Å². The number of nitrogens with zero attached hydrogens (tertiary/aromatic N) is 1. The van der Waals surface area contributed by atoms with Gasteiger partial charge in [-0.15, -0.1) is 0 Å². The molecule has 0 amide bonds. The molecule has 0 unspecified atom stereocenters. The lowest BCUT2D eigenvalue weighted by Gasteiger charge is -2.30. The zero-order valence-corrected chi connectivity index (χ0v) is 13.3. The van der Waals surface area contributed by atoms with Gasteiger partial charge < -0.3 is 0 Å². The summed E-state index contributed by atoms with van der Waals surface area (Å²) >= 11 is 0. The van der Waals surface area contributed by atoms with Crippen molar-refractivity contribution in [3.8, 4) is 11.8 Å². The highest BCUT2D eigenvalue weighted by Crippen LogP contribution is 2.18. The molecular weight excluding hydrogens is 266 g/mol. The van der Waals surface area contributed by atoms with Crippen molar-refractivity contribution in [2.75, 3.05) is 13.1 Å². The van der Waals surface area contributed by atoms with Gasteiger partial charge in [-0.05, 0) is 61.7 Å². The standard InChI is InChI=1S/C21H23N/c1-18-13-15-22(16-14-18)17-21-11-9-20(10-12-21)8-7-19-5-3-2-4-6-19/h2-6,9-12,18H,13-17H2,1H3. The predicted octanol–water partition coefficient (Wildman–Crippen LogP) is 4.32. The third-order valence-electron chi connectivity index (χ3n) is 4.36. The summed E-state index contributed by atoms with van der Waals surface area (Å²) in [6, 6.07) is 18.8. The smallest absolute Gasteiger partial charge is 0.0249 e. The molecule has 1 fully saturated rings. The number of likely N-dealkylation sites (tertiary alicyclic amines) is 1. The zero-order valence-electron chi connectivity index (χ0n) is 13.3. The Balaban J connectivity index is 1.60. The van der Waals surface area contributed by atoms with Gasteiger partial charge in [0, 0.05) is 17.7 Å². The van der Waals surface area contributed by atoms with E-state index in [-0.39, 0.29) is 0 Å². The summed E-state index contributed by atoms with van der Waals surface area (Å²) < 4.78 is 0. The Morgan fingerprint density at radius 3 is 2.09 bits per heavy atom. The van der Waals surface area contributed by atoms with Crippen molar-refractivity contribution in [3.05, 3.63) is 71.3 Å². The first-order chi connectivity index (χ1) is 10.8. The van der Waals surface area contributed by atoms with Crippen molar-refractivity contribution in [3.63, 3.8) is 0 Å². The van der Waals surface area contributed by atoms with Crippen molar-refractivity contribution >= 4 is 0 Å². The van der Waals surface area contributed by atoms with E-state index in [4.69, 9.17) is 0 Å². The van der Waals surface area contributed by atoms with Crippen LogP contribution in [0, 0.1) is 17.8 Å². The van der Waals surface area contributed by atoms with Gasteiger partial charge in [0.25, 0.3) is 0 Å². The van der Waals surface area contributed by atoms with Crippen molar-refractivity contribution in [1.82, 2.24) is 4.90 Å². The van der Waals surface area contributed by atoms with Crippen LogP contribution in [0.25, 0.3) is 0 Å². The SMILES string of the molecule is CC1CCN(Cc2ccc(C#Cc3ccccc3)cc2)CC1. The molecule has 0 radical (unpaired) electrons. The van der Waals surface area contributed by atoms with E-state index in [1.807, 2.05) is 30.3 Å². The average molecular weight is 289 g/mol. The van der Waals surface area contributed by atoms with Gasteiger partial charge in [-0.3, -0.25) is 4.90 Å². The molecule has 22 heavy (non-hydrogen) atoms. The number of benzene rings is 2. The number of piperidine rings is 1. The Kier molecular flexibility index (Phi) is 4.93. The molecule has 3 rings (SSSR count). The van der Waals surface area contributed by atoms with Crippen molar-refractivity contribution in [1.29, 1.82) is 0 Å². The van der Waals surface area contributed by atoms with Crippen molar-refractivity contribution in [2.24, 2.45) is 5.92 Å². The number of rotatable bonds is 2. The molecule has 0 N–H and O–H groups in total. The Hall–Kier alpha value is -2.04. The summed E-state index contributed by atoms with van der Waals surface area (Å²) in [6.07, 6.45) is 2.67. The fourth-order valence-corrected chi connectivity index (χ4v) is 2.84. The quantitative estimate of drug-likeness (QED) is 0.744. The molecule has 1 aliphatic rings. The molecule has 0 bridgehead atoms. The number of hydrogen-bond donors (Lipinski definition) is 0. The van der Waals surface area contributed by atoms with Crippen LogP contribution in [0.15, 0.2) is 54.6 Å². The molecule has 0 aromatic heterocycles. The minimum absolute atomic E-state index is 0.895. The summed E-state index contributed by atoms with van der Waals surface area (Å²) in [5.74, 6) is 7.34. The van der Waals surface area contributed by atoms with Crippen LogP contribution in [0.5, 0.6) is 0 Å². The van der Waals surface area contributed by atoms with Gasteiger partial charge in [-0.1, -0.05) is 49.1 Å². The van der Waals surface area contributed by atoms with E-state index in [9.17, 15) is 0 Å². The topological polar surface area (TPSA) is 3.24 Å². The third-order valence-corrected chi connectivity index (χ3v) is 4.36. The van der Waals surface area contributed by atoms with Crippen LogP contribution in [0.4, 0.5) is 0 Å². The van der Waals surface area contributed by atoms with Crippen LogP contribution in [-0.4, -0.2) is 18.0 Å². The summed E-state index contributed by atoms with van der Waals surface area (Å²) in [4.78, 5) is 2.56. The molecular formula is C21H23N. The van der Waals surface area contributed by atoms with Gasteiger partial charge in [0.2, 0.25) is 0 Å². The Morgan fingerprint density at radius 2 is 1.45 bits per heavy atom. The van der Waals surface area contributed by atoms with Crippen molar-refractivity contribution < 1.29 is 0 Å². The van der Waals surface area contributed by atoms with Gasteiger partial charge in [-0.2, -0.15) is 0 Å². The highest BCUT2D eigenvalue weighted by Gasteiger charge is 2.15. The molecule has 1 nitrogen and oxygen atoms in total. The van der Waals surface area contributed by atoms with E-state index in [1.165, 1.54) is 31.5 Å². The lowest BCUT2D eigenvalue weighted by molar-refractivity contribution is 0.185. The Bertz CT molecular complexity index is 638. The van der Waals surface area contributed by atoms with Crippen LogP contribution >= 0.6 is 0 Å². The minimum Gasteiger partial charge on any atom is -0.299 e. The molecule has 2 aromatic rings. The zero-order chi connectivity index (χ0) is 15.2. The van der Waals surface area contributed by atoms with E-state index in [0.29, 0.717) is 0 Å². The molecule has 1 saturated heterocycles. The third kappa shape index (κ3) is 4.23. The molecule has 1 heteroatoms. The monoisotopic (exact) mass is 289 g/mol. The highest BCUT2D eigenvalue weighted by molar-refractivity contribution is 5.43. The summed E-state index contributed by atoms with van der Waals surface area (Å²) in [6.45, 7) is 5.89. The maximum atomic E-state index is 3.23. The first-order valence-corrected chi connectivity index (χ1v) is 8.18. The minimum atomic E-state index is 0.895. The summed E-state index contributed by atoms with van der Waals surface area (Å²) in [5.41, 5.74) is 3.54. The largest absolute Gasteiger partial charge is 0.299 e. The molecule has 112 valence electrons. The molecule has 1 aliphatic heterocycles. The fourth-order valence-electron chi connectivity index (χ4n) is 2.84. The van der Waals surface area contributed by atoms with Gasteiger partial charge >= 0.3 is 0 Å². The lowest BCUT2D eigenvalue weighted by Crippen LogP contribution is -2.32. The normalized spacial score (nSPS) is 16.0. The second-order valence-electron chi connectivity index (χ2n) is 6.27. The molecule has 1 heterocycles. The summed E-state index contributed by atoms with van der Waals surface area (Å²) in [5, 5.41) is 0. The van der Waals surface area contributed by atoms with Crippen LogP contribution in [-0.2, 0) is 6.54 Å². The highest BCUT2D eigenvalue weighted by atomic mass is 15.1. The molecule has 2 aromatic carbocycles. The second-order valence-corrected chi connectivity index (χ2v) is 6.27. The van der Waals surface area contributed by atoms with E-state index in [1.54, 1.807) is 0 Å². The van der Waals surface area contributed by atoms with Gasteiger partial charge in [-0.25, -0.2) is 0 Å². The Labute approximate surface area is 134 Å². The van der Waals surface area contributed by atoms with Crippen LogP contribution in [0.1, 0.15) is 36.5 Å². The van der Waals surface area contributed by atoms with Gasteiger partial charge in [0.15, 0.2) is 0 Å². The maximum absolute atomic E-state index is 3.23.